The van der Waals surface area contributed by atoms with E-state index in [-0.39, 0.29) is 0 Å². The zero-order valence-corrected chi connectivity index (χ0v) is 11.7. The van der Waals surface area contributed by atoms with Crippen molar-refractivity contribution in [2.24, 2.45) is 0 Å². The Labute approximate surface area is 111 Å². The highest BCUT2D eigenvalue weighted by molar-refractivity contribution is 7.98. The summed E-state index contributed by atoms with van der Waals surface area (Å²) in [6.07, 6.45) is 3.72. The van der Waals surface area contributed by atoms with Gasteiger partial charge >= 0.3 is 0 Å². The van der Waals surface area contributed by atoms with Crippen LogP contribution in [0.5, 0.6) is 0 Å². The van der Waals surface area contributed by atoms with Gasteiger partial charge in [0.05, 0.1) is 0 Å². The number of nitrogens with zero attached hydrogens (tertiary/aromatic N) is 5. The van der Waals surface area contributed by atoms with Crippen molar-refractivity contribution in [2.75, 3.05) is 25.3 Å². The van der Waals surface area contributed by atoms with Crippen LogP contribution in [0.3, 0.4) is 0 Å². The Morgan fingerprint density at radius 1 is 1.17 bits per heavy atom. The smallest absolute Gasteiger partial charge is 0.225 e. The first-order valence-electron chi connectivity index (χ1n) is 5.50. The van der Waals surface area contributed by atoms with Gasteiger partial charge in [-0.2, -0.15) is 0 Å². The Morgan fingerprint density at radius 2 is 1.94 bits per heavy atom. The van der Waals surface area contributed by atoms with E-state index in [0.717, 1.165) is 16.4 Å². The summed E-state index contributed by atoms with van der Waals surface area (Å²) in [5.41, 5.74) is 1.68. The molecule has 0 unspecified atom stereocenters. The van der Waals surface area contributed by atoms with Gasteiger partial charge < -0.3 is 4.90 Å². The first-order valence-corrected chi connectivity index (χ1v) is 6.73. The van der Waals surface area contributed by atoms with E-state index in [9.17, 15) is 0 Å². The summed E-state index contributed by atoms with van der Waals surface area (Å²) in [4.78, 5) is 19.4. The van der Waals surface area contributed by atoms with Crippen molar-refractivity contribution >= 4 is 17.7 Å². The summed E-state index contributed by atoms with van der Waals surface area (Å²) in [6.45, 7) is 1.96. The average molecular weight is 261 g/mol. The van der Waals surface area contributed by atoms with Crippen molar-refractivity contribution in [2.45, 2.75) is 11.9 Å². The summed E-state index contributed by atoms with van der Waals surface area (Å²) in [7, 11) is 3.81. The van der Waals surface area contributed by atoms with Gasteiger partial charge in [0, 0.05) is 26.0 Å². The van der Waals surface area contributed by atoms with E-state index in [2.05, 4.69) is 19.9 Å². The third kappa shape index (κ3) is 2.76. The Bertz CT molecular complexity index is 556. The van der Waals surface area contributed by atoms with Crippen LogP contribution >= 0.6 is 11.8 Å². The molecule has 0 radical (unpaired) electrons. The number of rotatable bonds is 3. The molecule has 0 bridgehead atoms. The highest BCUT2D eigenvalue weighted by atomic mass is 32.2. The van der Waals surface area contributed by atoms with E-state index in [0.29, 0.717) is 11.8 Å². The van der Waals surface area contributed by atoms with Crippen LogP contribution in [0, 0.1) is 6.92 Å². The molecule has 0 saturated heterocycles. The maximum Gasteiger partial charge on any atom is 0.225 e. The molecule has 0 aliphatic rings. The van der Waals surface area contributed by atoms with Crippen molar-refractivity contribution < 1.29 is 0 Å². The zero-order valence-electron chi connectivity index (χ0n) is 10.9. The predicted molar refractivity (Wildman–Crippen MR) is 73.9 cm³/mol. The van der Waals surface area contributed by atoms with Gasteiger partial charge in [0.1, 0.15) is 10.7 Å². The zero-order chi connectivity index (χ0) is 13.1. The summed E-state index contributed by atoms with van der Waals surface area (Å²) in [5, 5.41) is 0.947. The van der Waals surface area contributed by atoms with Gasteiger partial charge in [-0.25, -0.2) is 19.9 Å². The number of aryl methyl sites for hydroxylation is 1. The molecule has 0 aliphatic carbocycles. The molecule has 0 N–H and O–H groups in total. The van der Waals surface area contributed by atoms with Crippen LogP contribution in [0.4, 0.5) is 5.95 Å². The second kappa shape index (κ2) is 5.30. The topological polar surface area (TPSA) is 54.8 Å². The lowest BCUT2D eigenvalue weighted by Gasteiger charge is -2.10. The van der Waals surface area contributed by atoms with Crippen molar-refractivity contribution in [3.8, 4) is 11.5 Å². The monoisotopic (exact) mass is 261 g/mol. The summed E-state index contributed by atoms with van der Waals surface area (Å²) >= 11 is 1.60. The SMILES string of the molecule is CSc1cc(C)nc(-c2ccnc(N(C)C)n2)n1. The van der Waals surface area contributed by atoms with Crippen LogP contribution in [0.25, 0.3) is 11.5 Å². The van der Waals surface area contributed by atoms with E-state index in [4.69, 9.17) is 0 Å². The molecule has 2 rings (SSSR count). The van der Waals surface area contributed by atoms with Crippen molar-refractivity contribution in [1.29, 1.82) is 0 Å². The van der Waals surface area contributed by atoms with Gasteiger partial charge in [-0.3, -0.25) is 0 Å². The number of anilines is 1. The van der Waals surface area contributed by atoms with Gasteiger partial charge in [-0.15, -0.1) is 11.8 Å². The molecule has 18 heavy (non-hydrogen) atoms. The van der Waals surface area contributed by atoms with Crippen LogP contribution in [0.1, 0.15) is 5.69 Å². The predicted octanol–water partition coefficient (Wildman–Crippen LogP) is 2.03. The highest BCUT2D eigenvalue weighted by Crippen LogP contribution is 2.19. The second-order valence-electron chi connectivity index (χ2n) is 4.01. The third-order valence-corrected chi connectivity index (χ3v) is 2.94. The van der Waals surface area contributed by atoms with Crippen molar-refractivity contribution in [3.05, 3.63) is 24.0 Å². The van der Waals surface area contributed by atoms with Gasteiger partial charge in [0.2, 0.25) is 5.95 Å². The fourth-order valence-corrected chi connectivity index (χ4v) is 1.91. The molecule has 0 spiro atoms. The molecule has 0 aliphatic heterocycles. The second-order valence-corrected chi connectivity index (χ2v) is 4.84. The van der Waals surface area contributed by atoms with Crippen LogP contribution in [-0.2, 0) is 0 Å². The van der Waals surface area contributed by atoms with Crippen LogP contribution in [-0.4, -0.2) is 40.3 Å². The first kappa shape index (κ1) is 12.8. The lowest BCUT2D eigenvalue weighted by Crippen LogP contribution is -2.13. The Morgan fingerprint density at radius 3 is 2.61 bits per heavy atom. The maximum absolute atomic E-state index is 4.47. The average Bonchev–Trinajstić information content (AvgIpc) is 2.38. The van der Waals surface area contributed by atoms with Crippen LogP contribution < -0.4 is 4.90 Å². The number of aromatic nitrogens is 4. The minimum Gasteiger partial charge on any atom is -0.347 e. The molecular weight excluding hydrogens is 246 g/mol. The quantitative estimate of drug-likeness (QED) is 0.622. The fraction of sp³-hybridized carbons (Fsp3) is 0.333. The van der Waals surface area contributed by atoms with Crippen molar-refractivity contribution in [3.63, 3.8) is 0 Å². The minimum atomic E-state index is 0.643. The lowest BCUT2D eigenvalue weighted by molar-refractivity contribution is 0.970. The van der Waals surface area contributed by atoms with E-state index >= 15 is 0 Å². The molecule has 5 nitrogen and oxygen atoms in total. The highest BCUT2D eigenvalue weighted by Gasteiger charge is 2.08. The van der Waals surface area contributed by atoms with E-state index < -0.39 is 0 Å². The van der Waals surface area contributed by atoms with Gasteiger partial charge in [0.15, 0.2) is 5.82 Å². The van der Waals surface area contributed by atoms with E-state index in [1.54, 1.807) is 18.0 Å². The first-order chi connectivity index (χ1) is 8.60. The Hall–Kier alpha value is -1.69. The summed E-state index contributed by atoms with van der Waals surface area (Å²) in [6, 6.07) is 3.79. The van der Waals surface area contributed by atoms with Gasteiger partial charge in [-0.05, 0) is 25.3 Å². The maximum atomic E-state index is 4.47. The molecule has 0 fully saturated rings. The minimum absolute atomic E-state index is 0.643. The molecular formula is C12H15N5S. The molecule has 6 heteroatoms. The molecule has 0 atom stereocenters. The Kier molecular flexibility index (Phi) is 3.76. The summed E-state index contributed by atoms with van der Waals surface area (Å²) in [5.74, 6) is 1.30. The van der Waals surface area contributed by atoms with E-state index in [1.807, 2.05) is 44.3 Å². The third-order valence-electron chi connectivity index (χ3n) is 2.31. The molecule has 0 saturated carbocycles. The number of hydrogen-bond donors (Lipinski definition) is 0. The molecule has 2 aromatic heterocycles. The largest absolute Gasteiger partial charge is 0.347 e. The number of hydrogen-bond acceptors (Lipinski definition) is 6. The Balaban J connectivity index is 2.47. The molecule has 2 heterocycles. The molecule has 0 amide bonds. The van der Waals surface area contributed by atoms with Gasteiger partial charge in [-0.1, -0.05) is 0 Å². The van der Waals surface area contributed by atoms with Crippen LogP contribution in [0.2, 0.25) is 0 Å². The lowest BCUT2D eigenvalue weighted by atomic mass is 10.3. The molecule has 2 aromatic rings. The fourth-order valence-electron chi connectivity index (χ4n) is 1.45. The number of thioether (sulfide) groups is 1. The van der Waals surface area contributed by atoms with Crippen molar-refractivity contribution in [1.82, 2.24) is 19.9 Å². The molecule has 0 aromatic carbocycles. The molecule has 94 valence electrons. The summed E-state index contributed by atoms with van der Waals surface area (Å²) < 4.78 is 0. The van der Waals surface area contributed by atoms with Gasteiger partial charge in [0.25, 0.3) is 0 Å². The normalized spacial score (nSPS) is 10.4. The van der Waals surface area contributed by atoms with E-state index in [1.165, 1.54) is 0 Å². The standard InChI is InChI=1S/C12H15N5S/c1-8-7-10(18-4)16-11(14-8)9-5-6-13-12(15-9)17(2)3/h5-7H,1-4H3. The van der Waals surface area contributed by atoms with Crippen LogP contribution in [0.15, 0.2) is 23.4 Å².